The summed E-state index contributed by atoms with van der Waals surface area (Å²) in [4.78, 5) is 40.8. The van der Waals surface area contributed by atoms with Crippen LogP contribution in [0.1, 0.15) is 32.8 Å². The van der Waals surface area contributed by atoms with E-state index in [4.69, 9.17) is 9.47 Å². The van der Waals surface area contributed by atoms with Crippen LogP contribution in [0.2, 0.25) is 0 Å². The van der Waals surface area contributed by atoms with Gasteiger partial charge < -0.3 is 14.8 Å². The Morgan fingerprint density at radius 2 is 1.97 bits per heavy atom. The molecule has 0 aliphatic carbocycles. The van der Waals surface area contributed by atoms with Crippen molar-refractivity contribution in [3.8, 4) is 5.88 Å². The Bertz CT molecular complexity index is 1170. The summed E-state index contributed by atoms with van der Waals surface area (Å²) in [5.74, 6) is -0.612. The van der Waals surface area contributed by atoms with Crippen LogP contribution in [-0.4, -0.2) is 41.3 Å². The fraction of sp³-hybridized carbons (Fsp3) is 0.333. The summed E-state index contributed by atoms with van der Waals surface area (Å²) in [6.45, 7) is 5.03. The van der Waals surface area contributed by atoms with Gasteiger partial charge in [0.05, 0.1) is 24.3 Å². The number of esters is 1. The molecule has 1 amide bonds. The van der Waals surface area contributed by atoms with Gasteiger partial charge in [0.2, 0.25) is 11.8 Å². The zero-order chi connectivity index (χ0) is 21.8. The van der Waals surface area contributed by atoms with Gasteiger partial charge >= 0.3 is 5.97 Å². The molecule has 1 aromatic carbocycles. The number of fused-ring (bicyclic) bond motifs is 1. The number of rotatable bonds is 7. The Morgan fingerprint density at radius 3 is 2.63 bits per heavy atom. The molecule has 1 aliphatic heterocycles. The van der Waals surface area contributed by atoms with Gasteiger partial charge in [0.1, 0.15) is 11.6 Å². The Kier molecular flexibility index (Phi) is 6.20. The fourth-order valence-electron chi connectivity index (χ4n) is 3.23. The highest BCUT2D eigenvalue weighted by Gasteiger charge is 2.26. The topological polar surface area (TPSA) is 126 Å². The van der Waals surface area contributed by atoms with E-state index >= 15 is 0 Å². The molecule has 158 valence electrons. The van der Waals surface area contributed by atoms with Crippen molar-refractivity contribution in [2.45, 2.75) is 39.3 Å². The van der Waals surface area contributed by atoms with Crippen molar-refractivity contribution in [2.24, 2.45) is 4.99 Å². The number of carbonyl (C=O) groups is 2. The van der Waals surface area contributed by atoms with Gasteiger partial charge in [0, 0.05) is 18.6 Å². The molecule has 1 aliphatic rings. The van der Waals surface area contributed by atoms with Crippen LogP contribution in [0.4, 0.5) is 0 Å². The molecule has 0 saturated carbocycles. The number of hydrogen-bond donors (Lipinski definition) is 3. The number of H-pyrrole nitrogens is 2. The Morgan fingerprint density at radius 1 is 1.23 bits per heavy atom. The molecular weight excluding hydrogens is 388 g/mol. The minimum absolute atomic E-state index is 0.141. The van der Waals surface area contributed by atoms with E-state index in [9.17, 15) is 14.4 Å². The van der Waals surface area contributed by atoms with Crippen molar-refractivity contribution in [1.29, 1.82) is 0 Å². The third-order valence-electron chi connectivity index (χ3n) is 4.46. The average Bonchev–Trinajstić information content (AvgIpc) is 3.21. The number of para-hydroxylation sites is 1. The van der Waals surface area contributed by atoms with Crippen molar-refractivity contribution in [1.82, 2.24) is 15.5 Å². The Labute approximate surface area is 172 Å². The number of hydrogen-bond acceptors (Lipinski definition) is 6. The summed E-state index contributed by atoms with van der Waals surface area (Å²) in [5.41, 5.74) is 1.16. The quantitative estimate of drug-likeness (QED) is 0.567. The third-order valence-corrected chi connectivity index (χ3v) is 4.46. The van der Waals surface area contributed by atoms with Crippen LogP contribution in [0.15, 0.2) is 39.7 Å². The summed E-state index contributed by atoms with van der Waals surface area (Å²) >= 11 is 0. The molecule has 9 nitrogen and oxygen atoms in total. The van der Waals surface area contributed by atoms with Gasteiger partial charge in [0.15, 0.2) is 0 Å². The zero-order valence-corrected chi connectivity index (χ0v) is 17.2. The van der Waals surface area contributed by atoms with Crippen molar-refractivity contribution in [3.63, 3.8) is 0 Å². The number of allylic oxidation sites excluding steroid dienone is 1. The SMILES string of the molecule is COC(=O)C(CC1=c2ccccc2=N/C1=C/c1c(OC(C)C)[nH][nH]c1=O)NC(C)=O. The standard InChI is InChI=1S/C21H24N4O5/c1-11(2)30-20-15(19(27)24-25-20)10-17-14(13-7-5-6-8-16(13)23-17)9-18(21(28)29-4)22-12(3)26/h5-8,10-11,18H,9H2,1-4H3,(H,22,26)(H2,24,25,27)/b17-10+. The van der Waals surface area contributed by atoms with Crippen LogP contribution in [0.5, 0.6) is 5.88 Å². The van der Waals surface area contributed by atoms with E-state index in [1.54, 1.807) is 6.08 Å². The first-order chi connectivity index (χ1) is 14.3. The largest absolute Gasteiger partial charge is 0.475 e. The predicted octanol–water partition coefficient (Wildman–Crippen LogP) is 0.383. The third kappa shape index (κ3) is 4.51. The molecule has 0 radical (unpaired) electrons. The summed E-state index contributed by atoms with van der Waals surface area (Å²) in [7, 11) is 1.26. The Balaban J connectivity index is 2.10. The molecule has 1 atom stereocenters. The van der Waals surface area contributed by atoms with Crippen molar-refractivity contribution in [2.75, 3.05) is 7.11 Å². The first kappa shape index (κ1) is 21.1. The number of aromatic nitrogens is 2. The van der Waals surface area contributed by atoms with E-state index in [0.29, 0.717) is 28.1 Å². The lowest BCUT2D eigenvalue weighted by molar-refractivity contribution is -0.144. The minimum atomic E-state index is -0.886. The maximum Gasteiger partial charge on any atom is 0.328 e. The molecule has 1 unspecified atom stereocenters. The molecule has 0 fully saturated rings. The smallest absolute Gasteiger partial charge is 0.328 e. The number of ether oxygens (including phenoxy) is 2. The minimum Gasteiger partial charge on any atom is -0.475 e. The molecule has 9 heteroatoms. The lowest BCUT2D eigenvalue weighted by atomic mass is 10.0. The lowest BCUT2D eigenvalue weighted by Crippen LogP contribution is -2.41. The highest BCUT2D eigenvalue weighted by molar-refractivity contribution is 5.86. The summed E-state index contributed by atoms with van der Waals surface area (Å²) in [6.07, 6.45) is 1.63. The highest BCUT2D eigenvalue weighted by atomic mass is 16.5. The van der Waals surface area contributed by atoms with E-state index in [-0.39, 0.29) is 24.0 Å². The van der Waals surface area contributed by atoms with Crippen LogP contribution in [0.3, 0.4) is 0 Å². The lowest BCUT2D eigenvalue weighted by Gasteiger charge is -2.16. The van der Waals surface area contributed by atoms with E-state index < -0.39 is 12.0 Å². The van der Waals surface area contributed by atoms with Crippen molar-refractivity contribution >= 4 is 23.5 Å². The summed E-state index contributed by atoms with van der Waals surface area (Å²) in [5, 5.41) is 9.38. The molecule has 30 heavy (non-hydrogen) atoms. The molecule has 2 heterocycles. The maximum absolute atomic E-state index is 12.3. The number of carbonyl (C=O) groups excluding carboxylic acids is 2. The van der Waals surface area contributed by atoms with Gasteiger partial charge in [-0.3, -0.25) is 19.8 Å². The molecule has 2 aromatic rings. The van der Waals surface area contributed by atoms with E-state index in [0.717, 1.165) is 5.22 Å². The van der Waals surface area contributed by atoms with Gasteiger partial charge in [-0.1, -0.05) is 18.2 Å². The van der Waals surface area contributed by atoms with Crippen LogP contribution in [-0.2, 0) is 14.3 Å². The number of nitrogens with one attached hydrogen (secondary N) is 3. The van der Waals surface area contributed by atoms with Crippen LogP contribution in [0.25, 0.3) is 11.6 Å². The second kappa shape index (κ2) is 8.81. The molecule has 0 saturated heterocycles. The highest BCUT2D eigenvalue weighted by Crippen LogP contribution is 2.25. The van der Waals surface area contributed by atoms with Gasteiger partial charge in [-0.05, 0) is 31.6 Å². The van der Waals surface area contributed by atoms with E-state index in [2.05, 4.69) is 20.5 Å². The monoisotopic (exact) mass is 412 g/mol. The summed E-state index contributed by atoms with van der Waals surface area (Å²) in [6, 6.07) is 6.55. The van der Waals surface area contributed by atoms with E-state index in [1.165, 1.54) is 14.0 Å². The van der Waals surface area contributed by atoms with Gasteiger partial charge in [0.25, 0.3) is 5.56 Å². The predicted molar refractivity (Wildman–Crippen MR) is 110 cm³/mol. The normalized spacial score (nSPS) is 15.0. The maximum atomic E-state index is 12.3. The molecular formula is C21H24N4O5. The molecule has 3 rings (SSSR count). The van der Waals surface area contributed by atoms with Gasteiger partial charge in [-0.2, -0.15) is 0 Å². The van der Waals surface area contributed by atoms with E-state index in [1.807, 2.05) is 38.1 Å². The molecule has 0 spiro atoms. The zero-order valence-electron chi connectivity index (χ0n) is 17.2. The average molecular weight is 412 g/mol. The number of benzene rings is 1. The molecule has 3 N–H and O–H groups in total. The number of methoxy groups -OCH3 is 1. The second-order valence-electron chi connectivity index (χ2n) is 7.11. The number of aromatic amines is 2. The van der Waals surface area contributed by atoms with Crippen LogP contribution in [0, 0.1) is 0 Å². The first-order valence-electron chi connectivity index (χ1n) is 9.51. The number of nitrogens with zero attached hydrogens (tertiary/aromatic N) is 1. The van der Waals surface area contributed by atoms with Crippen LogP contribution < -0.4 is 26.2 Å². The second-order valence-corrected chi connectivity index (χ2v) is 7.11. The summed E-state index contributed by atoms with van der Waals surface area (Å²) < 4.78 is 10.5. The van der Waals surface area contributed by atoms with Crippen LogP contribution >= 0.6 is 0 Å². The van der Waals surface area contributed by atoms with Crippen molar-refractivity contribution < 1.29 is 19.1 Å². The van der Waals surface area contributed by atoms with Gasteiger partial charge in [-0.15, -0.1) is 0 Å². The fourth-order valence-corrected chi connectivity index (χ4v) is 3.23. The Hall–Kier alpha value is -3.62. The number of amides is 1. The van der Waals surface area contributed by atoms with Crippen molar-refractivity contribution in [3.05, 3.63) is 56.5 Å². The molecule has 1 aromatic heterocycles. The first-order valence-corrected chi connectivity index (χ1v) is 9.51. The molecule has 0 bridgehead atoms. The van der Waals surface area contributed by atoms with Gasteiger partial charge in [-0.25, -0.2) is 9.79 Å².